The Morgan fingerprint density at radius 1 is 1.09 bits per heavy atom. The van der Waals surface area contributed by atoms with E-state index in [-0.39, 0.29) is 19.1 Å². The van der Waals surface area contributed by atoms with Crippen LogP contribution >= 0.6 is 0 Å². The minimum atomic E-state index is -0.795. The molecule has 0 aliphatic carbocycles. The van der Waals surface area contributed by atoms with Gasteiger partial charge in [0.15, 0.2) is 0 Å². The number of hydrogen-bond donors (Lipinski definition) is 2. The quantitative estimate of drug-likeness (QED) is 0.148. The number of carbonyl (C=O) groups is 1. The summed E-state index contributed by atoms with van der Waals surface area (Å²) in [6, 6.07) is 11.3. The van der Waals surface area contributed by atoms with Crippen LogP contribution in [0, 0.1) is 17.0 Å². The van der Waals surface area contributed by atoms with Crippen molar-refractivity contribution in [1.29, 1.82) is 0 Å². The highest BCUT2D eigenvalue weighted by Gasteiger charge is 2.08. The van der Waals surface area contributed by atoms with Gasteiger partial charge in [0.1, 0.15) is 6.54 Å². The molecule has 0 saturated carbocycles. The molecule has 0 radical (unpaired) electrons. The van der Waals surface area contributed by atoms with Crippen LogP contribution in [0.4, 0.5) is 17.3 Å². The van der Waals surface area contributed by atoms with E-state index >= 15 is 0 Å². The minimum Gasteiger partial charge on any atom is -0.464 e. The molecule has 0 bridgehead atoms. The van der Waals surface area contributed by atoms with Crippen molar-refractivity contribution in [2.24, 2.45) is 0 Å². The van der Waals surface area contributed by atoms with E-state index in [4.69, 9.17) is 4.74 Å². The predicted molar refractivity (Wildman–Crippen MR) is 131 cm³/mol. The molecule has 0 aliphatic heterocycles. The van der Waals surface area contributed by atoms with E-state index in [0.717, 1.165) is 41.0 Å². The number of hydrogen-bond acceptors (Lipinski definition) is 10. The molecule has 0 fully saturated rings. The van der Waals surface area contributed by atoms with Gasteiger partial charge in [0.2, 0.25) is 5.95 Å². The van der Waals surface area contributed by atoms with E-state index in [0.29, 0.717) is 25.4 Å². The fourth-order valence-electron chi connectivity index (χ4n) is 3.19. The van der Waals surface area contributed by atoms with Gasteiger partial charge in [-0.25, -0.2) is 9.97 Å². The van der Waals surface area contributed by atoms with Gasteiger partial charge in [-0.2, -0.15) is 0 Å². The van der Waals surface area contributed by atoms with Crippen molar-refractivity contribution in [1.82, 2.24) is 15.0 Å². The van der Waals surface area contributed by atoms with Gasteiger partial charge in [-0.1, -0.05) is 12.5 Å². The van der Waals surface area contributed by atoms with Gasteiger partial charge in [-0.05, 0) is 62.1 Å². The molecule has 0 unspecified atom stereocenters. The Morgan fingerprint density at radius 3 is 2.69 bits per heavy atom. The minimum absolute atomic E-state index is 0.0339. The van der Waals surface area contributed by atoms with Crippen LogP contribution in [0.1, 0.15) is 31.2 Å². The van der Waals surface area contributed by atoms with Gasteiger partial charge < -0.3 is 20.2 Å². The topological polar surface area (TPSA) is 141 Å². The maximum Gasteiger partial charge on any atom is 0.325 e. The highest BCUT2D eigenvalue weighted by molar-refractivity contribution is 5.76. The molecule has 0 aliphatic rings. The number of nitrogens with zero attached hydrogens (tertiary/aromatic N) is 4. The molecule has 0 saturated heterocycles. The summed E-state index contributed by atoms with van der Waals surface area (Å²) >= 11 is 0. The van der Waals surface area contributed by atoms with Crippen LogP contribution in [-0.4, -0.2) is 45.8 Å². The molecule has 184 valence electrons. The van der Waals surface area contributed by atoms with Gasteiger partial charge in [0, 0.05) is 35.5 Å². The number of carbonyl (C=O) groups excluding carboxylic acids is 1. The van der Waals surface area contributed by atoms with Crippen molar-refractivity contribution < 1.29 is 19.5 Å². The number of rotatable bonds is 14. The molecule has 0 spiro atoms. The Hall–Kier alpha value is -4.28. The Balaban J connectivity index is 1.44. The van der Waals surface area contributed by atoms with E-state index in [9.17, 15) is 14.9 Å². The summed E-state index contributed by atoms with van der Waals surface area (Å²) in [5.41, 5.74) is 4.22. The lowest BCUT2D eigenvalue weighted by molar-refractivity contribution is -0.757. The van der Waals surface area contributed by atoms with Gasteiger partial charge in [0.25, 0.3) is 5.09 Å². The Kier molecular flexibility index (Phi) is 9.73. The SMILES string of the molecule is Cc1ccc(NCC(=O)OCCCCCCO[N+](=O)[O-])cc1Nc1nccc(-c2cccnc2)n1. The number of aromatic nitrogens is 3. The Labute approximate surface area is 203 Å². The molecule has 3 aromatic rings. The number of unbranched alkanes of at least 4 members (excludes halogenated alkanes) is 3. The average molecular weight is 481 g/mol. The highest BCUT2D eigenvalue weighted by Crippen LogP contribution is 2.24. The molecule has 2 N–H and O–H groups in total. The van der Waals surface area contributed by atoms with E-state index < -0.39 is 5.09 Å². The summed E-state index contributed by atoms with van der Waals surface area (Å²) in [5, 5.41) is 15.6. The molecule has 2 heterocycles. The number of ether oxygens (including phenoxy) is 1. The van der Waals surface area contributed by atoms with Crippen LogP contribution in [0.2, 0.25) is 0 Å². The number of esters is 1. The van der Waals surface area contributed by atoms with Crippen molar-refractivity contribution in [2.75, 3.05) is 30.4 Å². The molecule has 11 heteroatoms. The number of benzene rings is 1. The van der Waals surface area contributed by atoms with Crippen LogP contribution in [0.15, 0.2) is 55.0 Å². The molecule has 2 aromatic heterocycles. The Bertz CT molecular complexity index is 1110. The first-order chi connectivity index (χ1) is 17.0. The van der Waals surface area contributed by atoms with Crippen LogP contribution in [-0.2, 0) is 14.4 Å². The maximum atomic E-state index is 12.0. The summed E-state index contributed by atoms with van der Waals surface area (Å²) in [4.78, 5) is 39.3. The maximum absolute atomic E-state index is 12.0. The molecule has 3 rings (SSSR count). The largest absolute Gasteiger partial charge is 0.464 e. The number of nitrogens with one attached hydrogen (secondary N) is 2. The van der Waals surface area contributed by atoms with E-state index in [1.165, 1.54) is 0 Å². The number of pyridine rings is 1. The Morgan fingerprint density at radius 2 is 1.91 bits per heavy atom. The lowest BCUT2D eigenvalue weighted by Crippen LogP contribution is -2.17. The predicted octanol–water partition coefficient (Wildman–Crippen LogP) is 4.31. The van der Waals surface area contributed by atoms with Crippen molar-refractivity contribution in [3.8, 4) is 11.3 Å². The molecular formula is C24H28N6O5. The second-order valence-corrected chi connectivity index (χ2v) is 7.71. The molecule has 11 nitrogen and oxygen atoms in total. The number of anilines is 3. The fraction of sp³-hybridized carbons (Fsp3) is 0.333. The van der Waals surface area contributed by atoms with Crippen LogP contribution in [0.5, 0.6) is 0 Å². The second-order valence-electron chi connectivity index (χ2n) is 7.71. The van der Waals surface area contributed by atoms with Gasteiger partial charge >= 0.3 is 5.97 Å². The molecule has 0 amide bonds. The molecule has 35 heavy (non-hydrogen) atoms. The monoisotopic (exact) mass is 480 g/mol. The first-order valence-corrected chi connectivity index (χ1v) is 11.3. The van der Waals surface area contributed by atoms with E-state index in [1.54, 1.807) is 18.6 Å². The summed E-state index contributed by atoms with van der Waals surface area (Å²) in [5.74, 6) is 0.0974. The lowest BCUT2D eigenvalue weighted by atomic mass is 10.2. The lowest BCUT2D eigenvalue weighted by Gasteiger charge is -2.12. The third-order valence-corrected chi connectivity index (χ3v) is 5.03. The zero-order valence-corrected chi connectivity index (χ0v) is 19.5. The van der Waals surface area contributed by atoms with Crippen LogP contribution < -0.4 is 10.6 Å². The van der Waals surface area contributed by atoms with Crippen molar-refractivity contribution in [2.45, 2.75) is 32.6 Å². The molecule has 0 atom stereocenters. The standard InChI is InChI=1S/C24H28N6O5/c1-18-8-9-20(27-17-23(31)34-13-4-2-3-5-14-35-30(32)33)15-22(18)29-24-26-12-10-21(28-24)19-7-6-11-25-16-19/h6-12,15-16,27H,2-5,13-14,17H2,1H3,(H,26,28,29). The van der Waals surface area contributed by atoms with Crippen LogP contribution in [0.25, 0.3) is 11.3 Å². The number of aryl methyl sites for hydroxylation is 1. The first-order valence-electron chi connectivity index (χ1n) is 11.3. The average Bonchev–Trinajstić information content (AvgIpc) is 2.86. The first kappa shape index (κ1) is 25.3. The normalized spacial score (nSPS) is 10.4. The third kappa shape index (κ3) is 8.88. The molecule has 1 aromatic carbocycles. The fourth-order valence-corrected chi connectivity index (χ4v) is 3.19. The molecular weight excluding hydrogens is 452 g/mol. The van der Waals surface area contributed by atoms with Crippen molar-refractivity contribution in [3.05, 3.63) is 70.7 Å². The van der Waals surface area contributed by atoms with Crippen molar-refractivity contribution in [3.63, 3.8) is 0 Å². The highest BCUT2D eigenvalue weighted by atomic mass is 16.9. The van der Waals surface area contributed by atoms with Gasteiger partial charge in [0.05, 0.1) is 18.9 Å². The summed E-state index contributed by atoms with van der Waals surface area (Å²) in [7, 11) is 0. The zero-order valence-electron chi connectivity index (χ0n) is 19.5. The van der Waals surface area contributed by atoms with Gasteiger partial charge in [-0.3, -0.25) is 9.78 Å². The van der Waals surface area contributed by atoms with Crippen molar-refractivity contribution >= 4 is 23.3 Å². The van der Waals surface area contributed by atoms with E-state index in [1.807, 2.05) is 43.3 Å². The smallest absolute Gasteiger partial charge is 0.325 e. The van der Waals surface area contributed by atoms with Gasteiger partial charge in [-0.15, -0.1) is 10.1 Å². The zero-order chi connectivity index (χ0) is 24.9. The van der Waals surface area contributed by atoms with E-state index in [2.05, 4.69) is 30.4 Å². The summed E-state index contributed by atoms with van der Waals surface area (Å²) in [6.45, 7) is 2.40. The third-order valence-electron chi connectivity index (χ3n) is 5.03. The summed E-state index contributed by atoms with van der Waals surface area (Å²) < 4.78 is 5.23. The summed E-state index contributed by atoms with van der Waals surface area (Å²) in [6.07, 6.45) is 8.01. The van der Waals surface area contributed by atoms with Crippen LogP contribution in [0.3, 0.4) is 0 Å². The second kappa shape index (κ2) is 13.4.